The molecule has 1 aromatic carbocycles. The van der Waals surface area contributed by atoms with E-state index in [1.54, 1.807) is 17.5 Å². The maximum atomic E-state index is 12.7. The summed E-state index contributed by atoms with van der Waals surface area (Å²) < 4.78 is 3.03. The number of fused-ring (bicyclic) bond motifs is 2. The van der Waals surface area contributed by atoms with Crippen LogP contribution >= 0.6 is 11.3 Å². The van der Waals surface area contributed by atoms with Crippen molar-refractivity contribution in [3.05, 3.63) is 46.2 Å². The first-order chi connectivity index (χ1) is 13.5. The summed E-state index contributed by atoms with van der Waals surface area (Å²) in [4.78, 5) is 28.5. The minimum absolute atomic E-state index is 0.0249. The zero-order valence-corrected chi connectivity index (χ0v) is 16.8. The molecule has 28 heavy (non-hydrogen) atoms. The molecule has 8 heteroatoms. The van der Waals surface area contributed by atoms with Gasteiger partial charge in [-0.2, -0.15) is 5.10 Å². The molecule has 3 aromatic rings. The maximum Gasteiger partial charge on any atom is 0.255 e. The fraction of sp³-hybridized carbons (Fsp3) is 0.400. The molecule has 4 rings (SSSR count). The number of thiazole rings is 1. The van der Waals surface area contributed by atoms with Gasteiger partial charge in [0.05, 0.1) is 34.2 Å². The molecule has 0 fully saturated rings. The van der Waals surface area contributed by atoms with Crippen molar-refractivity contribution in [2.75, 3.05) is 6.54 Å². The number of benzene rings is 1. The molecule has 1 atom stereocenters. The quantitative estimate of drug-likeness (QED) is 0.692. The molecule has 7 nitrogen and oxygen atoms in total. The maximum absolute atomic E-state index is 12.7. The van der Waals surface area contributed by atoms with Gasteiger partial charge in [-0.05, 0) is 43.4 Å². The highest BCUT2D eigenvalue weighted by molar-refractivity contribution is 7.18. The van der Waals surface area contributed by atoms with Crippen molar-refractivity contribution < 1.29 is 9.59 Å². The van der Waals surface area contributed by atoms with Crippen LogP contribution < -0.4 is 10.6 Å². The minimum atomic E-state index is -0.128. The lowest BCUT2D eigenvalue weighted by atomic mass is 9.94. The first-order valence-electron chi connectivity index (χ1n) is 9.43. The number of nitrogens with zero attached hydrogens (tertiary/aromatic N) is 3. The highest BCUT2D eigenvalue weighted by Crippen LogP contribution is 2.24. The second-order valence-electron chi connectivity index (χ2n) is 7.29. The lowest BCUT2D eigenvalue weighted by molar-refractivity contribution is -0.119. The van der Waals surface area contributed by atoms with Crippen LogP contribution in [0, 0.1) is 12.8 Å². The van der Waals surface area contributed by atoms with Crippen LogP contribution in [0.3, 0.4) is 0 Å². The van der Waals surface area contributed by atoms with E-state index in [1.165, 1.54) is 12.5 Å². The summed E-state index contributed by atoms with van der Waals surface area (Å²) in [5.41, 5.74) is 3.70. The van der Waals surface area contributed by atoms with E-state index in [2.05, 4.69) is 38.9 Å². The number of nitrogens with one attached hydrogen (secondary N) is 2. The lowest BCUT2D eigenvalue weighted by Gasteiger charge is -2.24. The van der Waals surface area contributed by atoms with Crippen LogP contribution in [-0.4, -0.2) is 33.1 Å². The fourth-order valence-corrected chi connectivity index (χ4v) is 4.45. The molecule has 3 heterocycles. The standard InChI is InChI=1S/C20H23N5O2S/c1-12-3-4-18-16(7-12)24-19(28-18)11-22-20(27)15-10-23-25-6-5-14(8-17(15)25)9-21-13(2)26/h3-4,7,10,14H,5-6,8-9,11H2,1-2H3,(H,21,26)(H,22,27). The van der Waals surface area contributed by atoms with Gasteiger partial charge in [0.15, 0.2) is 0 Å². The molecular weight excluding hydrogens is 374 g/mol. The largest absolute Gasteiger partial charge is 0.356 e. The Balaban J connectivity index is 1.42. The van der Waals surface area contributed by atoms with Crippen molar-refractivity contribution in [2.45, 2.75) is 39.8 Å². The summed E-state index contributed by atoms with van der Waals surface area (Å²) in [5, 5.41) is 11.1. The number of hydrogen-bond donors (Lipinski definition) is 2. The normalized spacial score (nSPS) is 16.0. The van der Waals surface area contributed by atoms with Gasteiger partial charge in [0.1, 0.15) is 5.01 Å². The smallest absolute Gasteiger partial charge is 0.255 e. The molecule has 1 unspecified atom stereocenters. The predicted molar refractivity (Wildman–Crippen MR) is 108 cm³/mol. The molecule has 0 spiro atoms. The highest BCUT2D eigenvalue weighted by atomic mass is 32.1. The van der Waals surface area contributed by atoms with Gasteiger partial charge in [-0.3, -0.25) is 14.3 Å². The summed E-state index contributed by atoms with van der Waals surface area (Å²) in [6.45, 7) is 5.37. The second-order valence-corrected chi connectivity index (χ2v) is 8.40. The average Bonchev–Trinajstić information content (AvgIpc) is 3.27. The Morgan fingerprint density at radius 3 is 3.00 bits per heavy atom. The van der Waals surface area contributed by atoms with Gasteiger partial charge in [0, 0.05) is 20.0 Å². The Kier molecular flexibility index (Phi) is 5.13. The highest BCUT2D eigenvalue weighted by Gasteiger charge is 2.25. The minimum Gasteiger partial charge on any atom is -0.356 e. The summed E-state index contributed by atoms with van der Waals surface area (Å²) in [6, 6.07) is 6.19. The first kappa shape index (κ1) is 18.6. The molecule has 1 aliphatic heterocycles. The molecular formula is C20H23N5O2S. The molecule has 1 aliphatic rings. The van der Waals surface area contributed by atoms with E-state index in [9.17, 15) is 9.59 Å². The van der Waals surface area contributed by atoms with E-state index in [-0.39, 0.29) is 11.8 Å². The monoisotopic (exact) mass is 397 g/mol. The van der Waals surface area contributed by atoms with E-state index in [4.69, 9.17) is 0 Å². The Hall–Kier alpha value is -2.74. The zero-order valence-electron chi connectivity index (χ0n) is 16.0. The third-order valence-corrected chi connectivity index (χ3v) is 6.09. The molecule has 146 valence electrons. The van der Waals surface area contributed by atoms with Crippen molar-refractivity contribution in [1.82, 2.24) is 25.4 Å². The van der Waals surface area contributed by atoms with Crippen LogP contribution in [0.5, 0.6) is 0 Å². The molecule has 0 saturated heterocycles. The third-order valence-electron chi connectivity index (χ3n) is 5.05. The summed E-state index contributed by atoms with van der Waals surface area (Å²) in [5.74, 6) is 0.173. The Morgan fingerprint density at radius 2 is 2.18 bits per heavy atom. The van der Waals surface area contributed by atoms with Gasteiger partial charge < -0.3 is 10.6 Å². The van der Waals surface area contributed by atoms with Gasteiger partial charge in [-0.15, -0.1) is 11.3 Å². The number of carbonyl (C=O) groups is 2. The number of rotatable bonds is 5. The molecule has 0 bridgehead atoms. The molecule has 2 amide bonds. The van der Waals surface area contributed by atoms with Crippen LogP contribution in [0.1, 0.15) is 40.0 Å². The number of aromatic nitrogens is 3. The summed E-state index contributed by atoms with van der Waals surface area (Å²) in [6.07, 6.45) is 3.33. The predicted octanol–water partition coefficient (Wildman–Crippen LogP) is 2.43. The van der Waals surface area contributed by atoms with Crippen LogP contribution in [0.2, 0.25) is 0 Å². The molecule has 0 radical (unpaired) electrons. The summed E-state index contributed by atoms with van der Waals surface area (Å²) >= 11 is 1.60. The van der Waals surface area contributed by atoms with Gasteiger partial charge in [0.2, 0.25) is 5.91 Å². The second kappa shape index (κ2) is 7.71. The zero-order chi connectivity index (χ0) is 19.7. The van der Waals surface area contributed by atoms with Crippen LogP contribution in [0.25, 0.3) is 10.2 Å². The van der Waals surface area contributed by atoms with Gasteiger partial charge >= 0.3 is 0 Å². The van der Waals surface area contributed by atoms with E-state index in [0.29, 0.717) is 24.6 Å². The van der Waals surface area contributed by atoms with E-state index in [0.717, 1.165) is 40.3 Å². The molecule has 2 aromatic heterocycles. The lowest BCUT2D eigenvalue weighted by Crippen LogP contribution is -2.33. The number of amides is 2. The fourth-order valence-electron chi connectivity index (χ4n) is 3.56. The van der Waals surface area contributed by atoms with Crippen molar-refractivity contribution in [3.8, 4) is 0 Å². The van der Waals surface area contributed by atoms with Gasteiger partial charge in [-0.25, -0.2) is 4.98 Å². The number of carbonyl (C=O) groups excluding carboxylic acids is 2. The van der Waals surface area contributed by atoms with Crippen molar-refractivity contribution in [3.63, 3.8) is 0 Å². The van der Waals surface area contributed by atoms with E-state index in [1.807, 2.05) is 11.6 Å². The Labute approximate surface area is 167 Å². The van der Waals surface area contributed by atoms with Gasteiger partial charge in [-0.1, -0.05) is 6.07 Å². The average molecular weight is 398 g/mol. The Bertz CT molecular complexity index is 1040. The van der Waals surface area contributed by atoms with Crippen LogP contribution in [0.15, 0.2) is 24.4 Å². The van der Waals surface area contributed by atoms with E-state index >= 15 is 0 Å². The topological polar surface area (TPSA) is 88.9 Å². The molecule has 0 aliphatic carbocycles. The van der Waals surface area contributed by atoms with Crippen molar-refractivity contribution in [1.29, 1.82) is 0 Å². The molecule has 0 saturated carbocycles. The first-order valence-corrected chi connectivity index (χ1v) is 10.2. The van der Waals surface area contributed by atoms with Crippen LogP contribution in [0.4, 0.5) is 0 Å². The summed E-state index contributed by atoms with van der Waals surface area (Å²) in [7, 11) is 0. The van der Waals surface area contributed by atoms with Crippen molar-refractivity contribution in [2.24, 2.45) is 5.92 Å². The number of hydrogen-bond acceptors (Lipinski definition) is 5. The van der Waals surface area contributed by atoms with E-state index < -0.39 is 0 Å². The van der Waals surface area contributed by atoms with Crippen molar-refractivity contribution >= 4 is 33.4 Å². The SMILES string of the molecule is CC(=O)NCC1CCn2ncc(C(=O)NCc3nc4cc(C)ccc4s3)c2C1. The molecule has 2 N–H and O–H groups in total. The van der Waals surface area contributed by atoms with Gasteiger partial charge in [0.25, 0.3) is 5.91 Å². The third kappa shape index (κ3) is 3.91. The van der Waals surface area contributed by atoms with Crippen LogP contribution in [-0.2, 0) is 24.3 Å². The number of aryl methyl sites for hydroxylation is 2. The Morgan fingerprint density at radius 1 is 1.32 bits per heavy atom.